The van der Waals surface area contributed by atoms with Crippen molar-refractivity contribution in [2.45, 2.75) is 45.2 Å². The molecule has 200 valence electrons. The van der Waals surface area contributed by atoms with Crippen LogP contribution in [-0.4, -0.2) is 53.3 Å². The lowest BCUT2D eigenvalue weighted by atomic mass is 9.97. The normalized spacial score (nSPS) is 17.1. The molecule has 1 aliphatic heterocycles. The van der Waals surface area contributed by atoms with Gasteiger partial charge in [0.15, 0.2) is 0 Å². The van der Waals surface area contributed by atoms with E-state index in [-0.39, 0.29) is 36.6 Å². The molecule has 4 aromatic rings. The summed E-state index contributed by atoms with van der Waals surface area (Å²) in [5.74, 6) is -0.399. The number of rotatable bonds is 7. The molecule has 2 heterocycles. The van der Waals surface area contributed by atoms with Crippen LogP contribution >= 0.6 is 0 Å². The van der Waals surface area contributed by atoms with Crippen LogP contribution in [0.3, 0.4) is 0 Å². The number of carbonyl (C=O) groups is 3. The molecule has 1 fully saturated rings. The van der Waals surface area contributed by atoms with Gasteiger partial charge in [-0.3, -0.25) is 24.3 Å². The second-order valence-electron chi connectivity index (χ2n) is 10.6. The molecule has 0 spiro atoms. The van der Waals surface area contributed by atoms with Crippen LogP contribution in [0.25, 0.3) is 21.7 Å². The van der Waals surface area contributed by atoms with Gasteiger partial charge in [0.2, 0.25) is 17.7 Å². The van der Waals surface area contributed by atoms with Crippen LogP contribution in [0, 0.1) is 5.92 Å². The van der Waals surface area contributed by atoms with Crippen molar-refractivity contribution in [3.8, 4) is 0 Å². The summed E-state index contributed by atoms with van der Waals surface area (Å²) in [6, 6.07) is 22.2. The third-order valence-electron chi connectivity index (χ3n) is 7.44. The minimum Gasteiger partial charge on any atom is -0.357 e. The summed E-state index contributed by atoms with van der Waals surface area (Å²) < 4.78 is 0. The summed E-state index contributed by atoms with van der Waals surface area (Å²) in [4.78, 5) is 48.8. The molecule has 1 saturated heterocycles. The van der Waals surface area contributed by atoms with Gasteiger partial charge in [0.25, 0.3) is 0 Å². The van der Waals surface area contributed by atoms with E-state index in [1.54, 1.807) is 23.0 Å². The number of aromatic nitrogens is 1. The molecule has 1 N–H and O–H groups in total. The minimum absolute atomic E-state index is 0.124. The van der Waals surface area contributed by atoms with Crippen molar-refractivity contribution in [1.29, 1.82) is 0 Å². The zero-order chi connectivity index (χ0) is 27.5. The number of amides is 3. The van der Waals surface area contributed by atoms with Crippen LogP contribution in [0.15, 0.2) is 79.0 Å². The Kier molecular flexibility index (Phi) is 7.59. The zero-order valence-electron chi connectivity index (χ0n) is 22.6. The van der Waals surface area contributed by atoms with Crippen molar-refractivity contribution in [2.75, 3.05) is 18.5 Å². The average molecular weight is 523 g/mol. The van der Waals surface area contributed by atoms with Crippen molar-refractivity contribution in [2.24, 2.45) is 5.92 Å². The van der Waals surface area contributed by atoms with Gasteiger partial charge in [0, 0.05) is 43.7 Å². The van der Waals surface area contributed by atoms with Gasteiger partial charge in [-0.05, 0) is 52.9 Å². The highest BCUT2D eigenvalue weighted by atomic mass is 16.2. The molecule has 2 atom stereocenters. The summed E-state index contributed by atoms with van der Waals surface area (Å²) in [7, 11) is 1.59. The fraction of sp³-hybridized carbons (Fsp3) is 0.312. The Balaban J connectivity index is 1.52. The Labute approximate surface area is 228 Å². The van der Waals surface area contributed by atoms with Crippen molar-refractivity contribution < 1.29 is 14.4 Å². The van der Waals surface area contributed by atoms with Crippen molar-refractivity contribution in [1.82, 2.24) is 15.2 Å². The van der Waals surface area contributed by atoms with Crippen LogP contribution in [-0.2, 0) is 20.8 Å². The summed E-state index contributed by atoms with van der Waals surface area (Å²) >= 11 is 0. The molecule has 0 radical (unpaired) electrons. The molecular formula is C32H34N4O3. The molecule has 1 aliphatic rings. The molecule has 0 saturated carbocycles. The van der Waals surface area contributed by atoms with Gasteiger partial charge in [-0.25, -0.2) is 0 Å². The second-order valence-corrected chi connectivity index (χ2v) is 10.6. The molecular weight excluding hydrogens is 488 g/mol. The van der Waals surface area contributed by atoms with Gasteiger partial charge in [-0.1, -0.05) is 62.4 Å². The zero-order valence-corrected chi connectivity index (χ0v) is 22.6. The number of nitrogens with zero attached hydrogens (tertiary/aromatic N) is 3. The van der Waals surface area contributed by atoms with E-state index in [2.05, 4.69) is 16.4 Å². The summed E-state index contributed by atoms with van der Waals surface area (Å²) in [6.07, 6.45) is 2.72. The topological polar surface area (TPSA) is 82.6 Å². The first-order valence-electron chi connectivity index (χ1n) is 13.5. The standard InChI is InChI=1S/C32H34N4O3/c1-21(2)17-29-32(39)35(16-14-30(37)36(29)26-12-13-27-25(20-26)9-6-15-34-27)28(31(38)33-3)19-22-10-11-23-7-4-5-8-24(23)18-22/h4-13,15,18,20-21,28-29H,14,16-17,19H2,1-3H3,(H,33,38)/t28-,29-/m0/s1. The molecule has 0 unspecified atom stereocenters. The number of anilines is 1. The largest absolute Gasteiger partial charge is 0.357 e. The minimum atomic E-state index is -0.730. The van der Waals surface area contributed by atoms with Gasteiger partial charge in [0.1, 0.15) is 12.1 Å². The lowest BCUT2D eigenvalue weighted by Crippen LogP contribution is -2.55. The van der Waals surface area contributed by atoms with Gasteiger partial charge in [0.05, 0.1) is 5.52 Å². The van der Waals surface area contributed by atoms with Crippen LogP contribution in [0.2, 0.25) is 0 Å². The molecule has 5 rings (SSSR count). The number of hydrogen-bond donors (Lipinski definition) is 1. The Hall–Kier alpha value is -4.26. The van der Waals surface area contributed by atoms with E-state index < -0.39 is 12.1 Å². The van der Waals surface area contributed by atoms with E-state index in [4.69, 9.17) is 0 Å². The quantitative estimate of drug-likeness (QED) is 0.381. The van der Waals surface area contributed by atoms with Crippen molar-refractivity contribution in [3.05, 3.63) is 84.6 Å². The number of likely N-dealkylation sites (N-methyl/N-ethyl adjacent to an activating group) is 1. The molecule has 0 aliphatic carbocycles. The van der Waals surface area contributed by atoms with Gasteiger partial charge >= 0.3 is 0 Å². The van der Waals surface area contributed by atoms with Crippen molar-refractivity contribution >= 4 is 45.1 Å². The second kappa shape index (κ2) is 11.2. The number of fused-ring (bicyclic) bond motifs is 2. The van der Waals surface area contributed by atoms with Crippen LogP contribution in [0.4, 0.5) is 5.69 Å². The van der Waals surface area contributed by atoms with Gasteiger partial charge in [-0.2, -0.15) is 0 Å². The highest BCUT2D eigenvalue weighted by Gasteiger charge is 2.41. The first kappa shape index (κ1) is 26.4. The van der Waals surface area contributed by atoms with E-state index in [0.717, 1.165) is 27.2 Å². The predicted octanol–water partition coefficient (Wildman–Crippen LogP) is 4.73. The van der Waals surface area contributed by atoms with Gasteiger partial charge in [-0.15, -0.1) is 0 Å². The number of carbonyl (C=O) groups excluding carboxylic acids is 3. The van der Waals surface area contributed by atoms with Crippen LogP contribution in [0.5, 0.6) is 0 Å². The Bertz CT molecular complexity index is 1530. The van der Waals surface area contributed by atoms with Gasteiger partial charge < -0.3 is 10.2 Å². The van der Waals surface area contributed by atoms with Crippen LogP contribution < -0.4 is 10.2 Å². The monoisotopic (exact) mass is 522 g/mol. The molecule has 7 heteroatoms. The predicted molar refractivity (Wildman–Crippen MR) is 154 cm³/mol. The number of pyridine rings is 1. The molecule has 0 bridgehead atoms. The Morgan fingerprint density at radius 2 is 1.74 bits per heavy atom. The summed E-state index contributed by atoms with van der Waals surface area (Å²) in [5, 5.41) is 5.85. The fourth-order valence-electron chi connectivity index (χ4n) is 5.52. The smallest absolute Gasteiger partial charge is 0.246 e. The lowest BCUT2D eigenvalue weighted by molar-refractivity contribution is -0.141. The fourth-order valence-corrected chi connectivity index (χ4v) is 5.52. The average Bonchev–Trinajstić information content (AvgIpc) is 3.06. The molecule has 39 heavy (non-hydrogen) atoms. The third-order valence-corrected chi connectivity index (χ3v) is 7.44. The van der Waals surface area contributed by atoms with E-state index in [1.807, 2.05) is 80.6 Å². The Morgan fingerprint density at radius 1 is 0.974 bits per heavy atom. The maximum absolute atomic E-state index is 14.3. The Morgan fingerprint density at radius 3 is 2.51 bits per heavy atom. The lowest BCUT2D eigenvalue weighted by Gasteiger charge is -2.35. The SMILES string of the molecule is CNC(=O)[C@H](Cc1ccc2ccccc2c1)N1CCC(=O)N(c2ccc3ncccc3c2)[C@@H](CC(C)C)C1=O. The maximum Gasteiger partial charge on any atom is 0.246 e. The first-order valence-corrected chi connectivity index (χ1v) is 13.5. The van der Waals surface area contributed by atoms with E-state index in [0.29, 0.717) is 18.5 Å². The summed E-state index contributed by atoms with van der Waals surface area (Å²) in [5.41, 5.74) is 2.46. The van der Waals surface area contributed by atoms with E-state index in [1.165, 1.54) is 0 Å². The summed E-state index contributed by atoms with van der Waals surface area (Å²) in [6.45, 7) is 4.27. The third kappa shape index (κ3) is 5.48. The number of hydrogen-bond acceptors (Lipinski definition) is 4. The molecule has 3 amide bonds. The number of nitrogens with one attached hydrogen (secondary N) is 1. The molecule has 3 aromatic carbocycles. The highest BCUT2D eigenvalue weighted by Crippen LogP contribution is 2.30. The van der Waals surface area contributed by atoms with E-state index in [9.17, 15) is 14.4 Å². The van der Waals surface area contributed by atoms with E-state index >= 15 is 0 Å². The van der Waals surface area contributed by atoms with Crippen LogP contribution in [0.1, 0.15) is 32.3 Å². The van der Waals surface area contributed by atoms with Crippen molar-refractivity contribution in [3.63, 3.8) is 0 Å². The maximum atomic E-state index is 14.3. The number of benzene rings is 3. The first-order chi connectivity index (χ1) is 18.9. The molecule has 7 nitrogen and oxygen atoms in total. The highest BCUT2D eigenvalue weighted by molar-refractivity contribution is 6.04. The molecule has 1 aromatic heterocycles.